The monoisotopic (exact) mass is 223 g/mol. The summed E-state index contributed by atoms with van der Waals surface area (Å²) >= 11 is 0. The van der Waals surface area contributed by atoms with Gasteiger partial charge in [0.15, 0.2) is 0 Å². The van der Waals surface area contributed by atoms with Crippen LogP contribution in [0.1, 0.15) is 25.5 Å². The van der Waals surface area contributed by atoms with Crippen LogP contribution in [0.4, 0.5) is 0 Å². The van der Waals surface area contributed by atoms with Crippen LogP contribution >= 0.6 is 0 Å². The molecule has 1 aromatic rings. The molecule has 1 atom stereocenters. The molecule has 0 radical (unpaired) electrons. The zero-order valence-corrected chi connectivity index (χ0v) is 10.3. The van der Waals surface area contributed by atoms with Crippen LogP contribution in [0.2, 0.25) is 0 Å². The summed E-state index contributed by atoms with van der Waals surface area (Å²) in [5.74, 6) is 0.893. The maximum atomic E-state index is 5.50. The summed E-state index contributed by atoms with van der Waals surface area (Å²) in [7, 11) is 1.67. The van der Waals surface area contributed by atoms with Crippen molar-refractivity contribution in [3.05, 3.63) is 29.8 Å². The van der Waals surface area contributed by atoms with Crippen molar-refractivity contribution in [3.63, 3.8) is 0 Å². The highest BCUT2D eigenvalue weighted by Gasteiger charge is 2.03. The molecule has 90 valence electrons. The summed E-state index contributed by atoms with van der Waals surface area (Å²) in [5.41, 5.74) is 1.28. The highest BCUT2D eigenvalue weighted by Crippen LogP contribution is 2.17. The third-order valence-corrected chi connectivity index (χ3v) is 2.45. The topological polar surface area (TPSA) is 30.5 Å². The summed E-state index contributed by atoms with van der Waals surface area (Å²) in [6.07, 6.45) is 0. The van der Waals surface area contributed by atoms with Crippen molar-refractivity contribution in [3.8, 4) is 5.75 Å². The van der Waals surface area contributed by atoms with Crippen molar-refractivity contribution < 1.29 is 9.47 Å². The lowest BCUT2D eigenvalue weighted by molar-refractivity contribution is 0.146. The van der Waals surface area contributed by atoms with E-state index in [0.29, 0.717) is 19.3 Å². The number of ether oxygens (including phenoxy) is 2. The Morgan fingerprint density at radius 3 is 2.44 bits per heavy atom. The van der Waals surface area contributed by atoms with E-state index in [2.05, 4.69) is 31.3 Å². The summed E-state index contributed by atoms with van der Waals surface area (Å²) in [6, 6.07) is 8.57. The first-order chi connectivity index (χ1) is 7.77. The molecule has 1 rings (SSSR count). The Hall–Kier alpha value is -1.06. The molecule has 1 aromatic carbocycles. The van der Waals surface area contributed by atoms with Crippen molar-refractivity contribution in [1.29, 1.82) is 0 Å². The van der Waals surface area contributed by atoms with E-state index in [9.17, 15) is 0 Å². The van der Waals surface area contributed by atoms with Gasteiger partial charge in [0, 0.05) is 13.2 Å². The largest absolute Gasteiger partial charge is 0.491 e. The van der Waals surface area contributed by atoms with E-state index < -0.39 is 0 Å². The first-order valence-corrected chi connectivity index (χ1v) is 5.73. The van der Waals surface area contributed by atoms with Crippen LogP contribution in [0.25, 0.3) is 0 Å². The maximum absolute atomic E-state index is 5.50. The van der Waals surface area contributed by atoms with Gasteiger partial charge < -0.3 is 14.8 Å². The second-order valence-corrected chi connectivity index (χ2v) is 3.69. The molecule has 0 fully saturated rings. The average Bonchev–Trinajstić information content (AvgIpc) is 2.30. The molecule has 0 aliphatic heterocycles. The Morgan fingerprint density at radius 1 is 1.19 bits per heavy atom. The molecule has 16 heavy (non-hydrogen) atoms. The Bertz CT molecular complexity index is 284. The fraction of sp³-hybridized carbons (Fsp3) is 0.538. The molecule has 0 aliphatic rings. The lowest BCUT2D eigenvalue weighted by Crippen LogP contribution is -2.17. The quantitative estimate of drug-likeness (QED) is 0.720. The van der Waals surface area contributed by atoms with Crippen molar-refractivity contribution in [1.82, 2.24) is 5.32 Å². The molecule has 3 heteroatoms. The van der Waals surface area contributed by atoms with Crippen LogP contribution in [-0.2, 0) is 4.74 Å². The maximum Gasteiger partial charge on any atom is 0.119 e. The Labute approximate surface area is 97.8 Å². The Balaban J connectivity index is 2.47. The molecule has 0 aromatic heterocycles. The van der Waals surface area contributed by atoms with Gasteiger partial charge in [0.05, 0.1) is 6.61 Å². The lowest BCUT2D eigenvalue weighted by atomic mass is 10.1. The van der Waals surface area contributed by atoms with E-state index in [1.54, 1.807) is 7.11 Å². The molecule has 1 unspecified atom stereocenters. The van der Waals surface area contributed by atoms with Crippen molar-refractivity contribution in [2.24, 2.45) is 0 Å². The van der Waals surface area contributed by atoms with Gasteiger partial charge in [-0.05, 0) is 31.2 Å². The van der Waals surface area contributed by atoms with Gasteiger partial charge in [0.2, 0.25) is 0 Å². The third kappa shape index (κ3) is 4.21. The summed E-state index contributed by atoms with van der Waals surface area (Å²) in [6.45, 7) is 6.46. The van der Waals surface area contributed by atoms with E-state index in [1.165, 1.54) is 5.56 Å². The molecule has 0 heterocycles. The summed E-state index contributed by atoms with van der Waals surface area (Å²) in [5, 5.41) is 3.37. The van der Waals surface area contributed by atoms with Gasteiger partial charge in [0.25, 0.3) is 0 Å². The number of nitrogens with one attached hydrogen (secondary N) is 1. The fourth-order valence-electron chi connectivity index (χ4n) is 1.52. The predicted octanol–water partition coefficient (Wildman–Crippen LogP) is 2.38. The summed E-state index contributed by atoms with van der Waals surface area (Å²) < 4.78 is 10.4. The molecule has 0 saturated carbocycles. The molecule has 0 aliphatic carbocycles. The minimum Gasteiger partial charge on any atom is -0.491 e. The van der Waals surface area contributed by atoms with Gasteiger partial charge in [-0.2, -0.15) is 0 Å². The van der Waals surface area contributed by atoms with Crippen LogP contribution in [0, 0.1) is 0 Å². The second-order valence-electron chi connectivity index (χ2n) is 3.69. The minimum absolute atomic E-state index is 0.387. The molecule has 0 bridgehead atoms. The molecule has 0 saturated heterocycles. The van der Waals surface area contributed by atoms with Crippen LogP contribution in [0.5, 0.6) is 5.75 Å². The number of hydrogen-bond donors (Lipinski definition) is 1. The number of hydrogen-bond acceptors (Lipinski definition) is 3. The minimum atomic E-state index is 0.387. The second kappa shape index (κ2) is 7.25. The third-order valence-electron chi connectivity index (χ3n) is 2.45. The van der Waals surface area contributed by atoms with Crippen LogP contribution in [-0.4, -0.2) is 26.9 Å². The first-order valence-electron chi connectivity index (χ1n) is 5.73. The van der Waals surface area contributed by atoms with E-state index in [-0.39, 0.29) is 0 Å². The van der Waals surface area contributed by atoms with Gasteiger partial charge in [0.1, 0.15) is 12.4 Å². The number of benzene rings is 1. The van der Waals surface area contributed by atoms with E-state index in [1.807, 2.05) is 12.1 Å². The van der Waals surface area contributed by atoms with Gasteiger partial charge in [-0.15, -0.1) is 0 Å². The van der Waals surface area contributed by atoms with E-state index in [0.717, 1.165) is 12.3 Å². The normalized spacial score (nSPS) is 12.4. The average molecular weight is 223 g/mol. The van der Waals surface area contributed by atoms with Crippen molar-refractivity contribution >= 4 is 0 Å². The Kier molecular flexibility index (Phi) is 5.90. The van der Waals surface area contributed by atoms with Crippen molar-refractivity contribution in [2.45, 2.75) is 19.9 Å². The Morgan fingerprint density at radius 2 is 1.88 bits per heavy atom. The molecule has 3 nitrogen and oxygen atoms in total. The van der Waals surface area contributed by atoms with Crippen LogP contribution in [0.15, 0.2) is 24.3 Å². The van der Waals surface area contributed by atoms with Crippen molar-refractivity contribution in [2.75, 3.05) is 26.9 Å². The number of rotatable bonds is 7. The van der Waals surface area contributed by atoms with Gasteiger partial charge in [-0.1, -0.05) is 19.1 Å². The van der Waals surface area contributed by atoms with Crippen LogP contribution < -0.4 is 10.1 Å². The summed E-state index contributed by atoms with van der Waals surface area (Å²) in [4.78, 5) is 0. The standard InChI is InChI=1S/C13H21NO2/c1-4-14-11(2)12-5-7-13(8-6-12)16-10-9-15-3/h5-8,11,14H,4,9-10H2,1-3H3. The smallest absolute Gasteiger partial charge is 0.119 e. The van der Waals surface area contributed by atoms with Gasteiger partial charge in [-0.3, -0.25) is 0 Å². The lowest BCUT2D eigenvalue weighted by Gasteiger charge is -2.13. The first kappa shape index (κ1) is 13.0. The van der Waals surface area contributed by atoms with Crippen LogP contribution in [0.3, 0.4) is 0 Å². The highest BCUT2D eigenvalue weighted by atomic mass is 16.5. The fourth-order valence-corrected chi connectivity index (χ4v) is 1.52. The zero-order chi connectivity index (χ0) is 11.8. The van der Waals surface area contributed by atoms with E-state index in [4.69, 9.17) is 9.47 Å². The highest BCUT2D eigenvalue weighted by molar-refractivity contribution is 5.28. The SMILES string of the molecule is CCNC(C)c1ccc(OCCOC)cc1. The molecule has 0 amide bonds. The molecular weight excluding hydrogens is 202 g/mol. The molecule has 1 N–H and O–H groups in total. The number of methoxy groups -OCH3 is 1. The molecular formula is C13H21NO2. The predicted molar refractivity (Wildman–Crippen MR) is 65.9 cm³/mol. The van der Waals surface area contributed by atoms with Gasteiger partial charge in [-0.25, -0.2) is 0 Å². The zero-order valence-electron chi connectivity index (χ0n) is 10.3. The molecule has 0 spiro atoms. The van der Waals surface area contributed by atoms with E-state index >= 15 is 0 Å². The van der Waals surface area contributed by atoms with Gasteiger partial charge >= 0.3 is 0 Å².